The third-order valence-corrected chi connectivity index (χ3v) is 5.06. The Hall–Kier alpha value is -0.420. The quantitative estimate of drug-likeness (QED) is 0.531. The van der Waals surface area contributed by atoms with E-state index < -0.39 is 0 Å². The number of guanidine groups is 1. The molecule has 1 atom stereocenters. The zero-order valence-electron chi connectivity index (χ0n) is 14.0. The number of hydrogen-bond acceptors (Lipinski definition) is 3. The molecule has 0 heterocycles. The molecule has 1 saturated carbocycles. The first-order chi connectivity index (χ1) is 9.39. The van der Waals surface area contributed by atoms with Gasteiger partial charge in [0.2, 0.25) is 0 Å². The number of nitrogens with zero attached hydrogens (tertiary/aromatic N) is 2. The van der Waals surface area contributed by atoms with Crippen LogP contribution in [0.4, 0.5) is 0 Å². The fraction of sp³-hybridized carbons (Fsp3) is 0.933. The standard InChI is InChI=1S/C15H32N4S/c1-7-16-14(18-11-15(2,3)20-6)17-10-13(19(4)5)12-8-9-12/h12-13H,7-11H2,1-6H3,(H2,16,17,18). The summed E-state index contributed by atoms with van der Waals surface area (Å²) >= 11 is 1.86. The van der Waals surface area contributed by atoms with Gasteiger partial charge in [-0.05, 0) is 59.9 Å². The molecule has 118 valence electrons. The number of aliphatic imine (C=N–C) groups is 1. The lowest BCUT2D eigenvalue weighted by atomic mass is 10.1. The van der Waals surface area contributed by atoms with Crippen LogP contribution in [0.3, 0.4) is 0 Å². The second kappa shape index (κ2) is 8.13. The van der Waals surface area contributed by atoms with Crippen molar-refractivity contribution in [3.8, 4) is 0 Å². The molecule has 0 aromatic carbocycles. The Kier molecular flexibility index (Phi) is 7.17. The molecule has 2 N–H and O–H groups in total. The van der Waals surface area contributed by atoms with Crippen molar-refractivity contribution in [2.45, 2.75) is 44.4 Å². The largest absolute Gasteiger partial charge is 0.357 e. The van der Waals surface area contributed by atoms with E-state index in [0.717, 1.165) is 31.5 Å². The minimum Gasteiger partial charge on any atom is -0.357 e. The fourth-order valence-electron chi connectivity index (χ4n) is 2.13. The van der Waals surface area contributed by atoms with E-state index in [1.165, 1.54) is 12.8 Å². The molecule has 0 radical (unpaired) electrons. The molecule has 0 aromatic rings. The predicted octanol–water partition coefficient (Wildman–Crippen LogP) is 2.02. The van der Waals surface area contributed by atoms with Crippen LogP contribution in [0, 0.1) is 5.92 Å². The molecule has 0 spiro atoms. The summed E-state index contributed by atoms with van der Waals surface area (Å²) in [6.45, 7) is 9.29. The van der Waals surface area contributed by atoms with Crippen molar-refractivity contribution in [1.82, 2.24) is 15.5 Å². The molecular formula is C15H32N4S. The molecule has 4 nitrogen and oxygen atoms in total. The minimum absolute atomic E-state index is 0.194. The van der Waals surface area contributed by atoms with Gasteiger partial charge in [-0.1, -0.05) is 0 Å². The van der Waals surface area contributed by atoms with E-state index in [9.17, 15) is 0 Å². The first kappa shape index (κ1) is 17.6. The molecule has 20 heavy (non-hydrogen) atoms. The molecule has 0 aromatic heterocycles. The summed E-state index contributed by atoms with van der Waals surface area (Å²) in [6, 6.07) is 0.618. The smallest absolute Gasteiger partial charge is 0.191 e. The normalized spacial score (nSPS) is 18.2. The maximum atomic E-state index is 4.72. The highest BCUT2D eigenvalue weighted by Crippen LogP contribution is 2.34. The third kappa shape index (κ3) is 6.35. The van der Waals surface area contributed by atoms with Gasteiger partial charge >= 0.3 is 0 Å². The van der Waals surface area contributed by atoms with E-state index in [1.807, 2.05) is 11.8 Å². The van der Waals surface area contributed by atoms with Gasteiger partial charge in [0, 0.05) is 23.9 Å². The van der Waals surface area contributed by atoms with Crippen molar-refractivity contribution in [3.63, 3.8) is 0 Å². The summed E-state index contributed by atoms with van der Waals surface area (Å²) in [5.74, 6) is 1.81. The van der Waals surface area contributed by atoms with Crippen molar-refractivity contribution in [1.29, 1.82) is 0 Å². The number of rotatable bonds is 8. The second-order valence-corrected chi connectivity index (χ2v) is 7.92. The molecule has 1 aliphatic carbocycles. The van der Waals surface area contributed by atoms with E-state index in [1.54, 1.807) is 0 Å². The van der Waals surface area contributed by atoms with Gasteiger partial charge in [0.15, 0.2) is 5.96 Å². The van der Waals surface area contributed by atoms with E-state index in [0.29, 0.717) is 6.04 Å². The van der Waals surface area contributed by atoms with Crippen LogP contribution in [0.1, 0.15) is 33.6 Å². The van der Waals surface area contributed by atoms with Crippen molar-refractivity contribution in [2.75, 3.05) is 40.0 Å². The van der Waals surface area contributed by atoms with E-state index in [4.69, 9.17) is 4.99 Å². The fourth-order valence-corrected chi connectivity index (χ4v) is 2.32. The molecule has 0 bridgehead atoms. The second-order valence-electron chi connectivity index (χ2n) is 6.41. The van der Waals surface area contributed by atoms with E-state index >= 15 is 0 Å². The van der Waals surface area contributed by atoms with Gasteiger partial charge < -0.3 is 15.5 Å². The van der Waals surface area contributed by atoms with E-state index in [2.05, 4.69) is 56.7 Å². The predicted molar refractivity (Wildman–Crippen MR) is 91.8 cm³/mol. The van der Waals surface area contributed by atoms with Gasteiger partial charge in [-0.15, -0.1) is 0 Å². The highest BCUT2D eigenvalue weighted by molar-refractivity contribution is 7.99. The number of hydrogen-bond donors (Lipinski definition) is 2. The Bertz CT molecular complexity index is 309. The summed E-state index contributed by atoms with van der Waals surface area (Å²) in [7, 11) is 4.34. The molecular weight excluding hydrogens is 268 g/mol. The van der Waals surface area contributed by atoms with Crippen molar-refractivity contribution < 1.29 is 0 Å². The summed E-state index contributed by atoms with van der Waals surface area (Å²) in [6.07, 6.45) is 4.89. The Morgan fingerprint density at radius 3 is 2.45 bits per heavy atom. The van der Waals surface area contributed by atoms with Gasteiger partial charge in [0.05, 0.1) is 6.54 Å². The third-order valence-electron chi connectivity index (χ3n) is 3.82. The molecule has 5 heteroatoms. The highest BCUT2D eigenvalue weighted by Gasteiger charge is 2.32. The molecule has 0 aliphatic heterocycles. The van der Waals surface area contributed by atoms with Gasteiger partial charge in [-0.3, -0.25) is 4.99 Å². The summed E-state index contributed by atoms with van der Waals surface area (Å²) in [5, 5.41) is 6.85. The van der Waals surface area contributed by atoms with Crippen LogP contribution in [0.25, 0.3) is 0 Å². The Balaban J connectivity index is 2.51. The SMILES string of the molecule is CCNC(=NCC(C)(C)SC)NCC(C1CC1)N(C)C. The molecule has 1 fully saturated rings. The van der Waals surface area contributed by atoms with Gasteiger partial charge in [-0.2, -0.15) is 11.8 Å². The molecule has 0 amide bonds. The Morgan fingerprint density at radius 2 is 2.00 bits per heavy atom. The summed E-state index contributed by atoms with van der Waals surface area (Å²) < 4.78 is 0.194. The van der Waals surface area contributed by atoms with Crippen LogP contribution >= 0.6 is 11.8 Å². The maximum absolute atomic E-state index is 4.72. The summed E-state index contributed by atoms with van der Waals surface area (Å²) in [5.41, 5.74) is 0. The van der Waals surface area contributed by atoms with E-state index in [-0.39, 0.29) is 4.75 Å². The lowest BCUT2D eigenvalue weighted by molar-refractivity contribution is 0.264. The number of likely N-dealkylation sites (N-methyl/N-ethyl adjacent to an activating group) is 1. The average Bonchev–Trinajstić information content (AvgIpc) is 3.20. The molecule has 0 saturated heterocycles. The summed E-state index contributed by atoms with van der Waals surface area (Å²) in [4.78, 5) is 7.06. The monoisotopic (exact) mass is 300 g/mol. The van der Waals surface area contributed by atoms with Crippen LogP contribution < -0.4 is 10.6 Å². The zero-order valence-corrected chi connectivity index (χ0v) is 14.8. The maximum Gasteiger partial charge on any atom is 0.191 e. The number of nitrogens with one attached hydrogen (secondary N) is 2. The topological polar surface area (TPSA) is 39.7 Å². The first-order valence-electron chi connectivity index (χ1n) is 7.63. The van der Waals surface area contributed by atoms with Crippen molar-refractivity contribution in [3.05, 3.63) is 0 Å². The van der Waals surface area contributed by atoms with Crippen molar-refractivity contribution in [2.24, 2.45) is 10.9 Å². The van der Waals surface area contributed by atoms with Crippen LogP contribution in [0.5, 0.6) is 0 Å². The number of thioether (sulfide) groups is 1. The lowest BCUT2D eigenvalue weighted by Gasteiger charge is -2.26. The van der Waals surface area contributed by atoms with Crippen LogP contribution in [0.15, 0.2) is 4.99 Å². The highest BCUT2D eigenvalue weighted by atomic mass is 32.2. The van der Waals surface area contributed by atoms with Crippen LogP contribution in [-0.2, 0) is 0 Å². The minimum atomic E-state index is 0.194. The Morgan fingerprint density at radius 1 is 1.35 bits per heavy atom. The Labute approximate surface area is 129 Å². The molecule has 1 aliphatic rings. The zero-order chi connectivity index (χ0) is 15.2. The van der Waals surface area contributed by atoms with Gasteiger partial charge in [0.25, 0.3) is 0 Å². The first-order valence-corrected chi connectivity index (χ1v) is 8.86. The lowest BCUT2D eigenvalue weighted by Crippen LogP contribution is -2.46. The van der Waals surface area contributed by atoms with Gasteiger partial charge in [-0.25, -0.2) is 0 Å². The molecule has 1 rings (SSSR count). The average molecular weight is 301 g/mol. The van der Waals surface area contributed by atoms with Gasteiger partial charge in [0.1, 0.15) is 0 Å². The van der Waals surface area contributed by atoms with Crippen LogP contribution in [-0.4, -0.2) is 61.6 Å². The van der Waals surface area contributed by atoms with Crippen LogP contribution in [0.2, 0.25) is 0 Å². The van der Waals surface area contributed by atoms with Crippen molar-refractivity contribution >= 4 is 17.7 Å². The molecule has 1 unspecified atom stereocenters.